The van der Waals surface area contributed by atoms with Crippen molar-refractivity contribution >= 4 is 0 Å². The summed E-state index contributed by atoms with van der Waals surface area (Å²) >= 11 is 0. The van der Waals surface area contributed by atoms with E-state index < -0.39 is 0 Å². The average molecular weight is 195 g/mol. The highest BCUT2D eigenvalue weighted by molar-refractivity contribution is 4.99. The van der Waals surface area contributed by atoms with E-state index in [1.54, 1.807) is 0 Å². The number of aryl methyl sites for hydroxylation is 1. The van der Waals surface area contributed by atoms with E-state index in [0.29, 0.717) is 6.04 Å². The number of nitrogens with one attached hydrogen (secondary N) is 1. The van der Waals surface area contributed by atoms with Gasteiger partial charge in [-0.2, -0.15) is 5.10 Å². The van der Waals surface area contributed by atoms with E-state index in [2.05, 4.69) is 30.3 Å². The number of aromatic nitrogens is 2. The lowest BCUT2D eigenvalue weighted by Crippen LogP contribution is -2.29. The largest absolute Gasteiger partial charge is 0.314 e. The standard InChI is InChI=1S/C11H21N3/c1-4-10(5-2)12-8-6-11-7-9-14(3)13-11/h7,9-10,12H,4-6,8H2,1-3H3. The monoisotopic (exact) mass is 195 g/mol. The molecule has 0 amide bonds. The van der Waals surface area contributed by atoms with Crippen molar-refractivity contribution in [2.75, 3.05) is 6.54 Å². The molecule has 1 rings (SSSR count). The second kappa shape index (κ2) is 5.81. The van der Waals surface area contributed by atoms with Crippen molar-refractivity contribution in [3.63, 3.8) is 0 Å². The molecule has 1 heterocycles. The second-order valence-electron chi connectivity index (χ2n) is 3.70. The first-order valence-electron chi connectivity index (χ1n) is 5.48. The number of nitrogens with zero attached hydrogens (tertiary/aromatic N) is 2. The second-order valence-corrected chi connectivity index (χ2v) is 3.70. The molecule has 1 aromatic heterocycles. The summed E-state index contributed by atoms with van der Waals surface area (Å²) in [6.07, 6.45) is 5.43. The summed E-state index contributed by atoms with van der Waals surface area (Å²) in [6.45, 7) is 5.48. The van der Waals surface area contributed by atoms with Crippen LogP contribution in [-0.4, -0.2) is 22.4 Å². The molecule has 0 fully saturated rings. The van der Waals surface area contributed by atoms with E-state index in [1.165, 1.54) is 18.5 Å². The molecule has 1 aromatic rings. The maximum Gasteiger partial charge on any atom is 0.0637 e. The zero-order valence-corrected chi connectivity index (χ0v) is 9.45. The van der Waals surface area contributed by atoms with Crippen LogP contribution < -0.4 is 5.32 Å². The van der Waals surface area contributed by atoms with E-state index in [0.717, 1.165) is 13.0 Å². The number of hydrogen-bond acceptors (Lipinski definition) is 2. The van der Waals surface area contributed by atoms with Crippen LogP contribution in [0.3, 0.4) is 0 Å². The zero-order valence-electron chi connectivity index (χ0n) is 9.45. The Kier molecular flexibility index (Phi) is 4.66. The molecule has 0 aliphatic heterocycles. The van der Waals surface area contributed by atoms with Gasteiger partial charge in [-0.15, -0.1) is 0 Å². The van der Waals surface area contributed by atoms with Gasteiger partial charge in [0.1, 0.15) is 0 Å². The Morgan fingerprint density at radius 3 is 2.64 bits per heavy atom. The maximum atomic E-state index is 4.34. The van der Waals surface area contributed by atoms with Crippen LogP contribution in [0.25, 0.3) is 0 Å². The van der Waals surface area contributed by atoms with E-state index >= 15 is 0 Å². The molecule has 0 bridgehead atoms. The third kappa shape index (κ3) is 3.50. The Morgan fingerprint density at radius 2 is 2.14 bits per heavy atom. The van der Waals surface area contributed by atoms with Gasteiger partial charge < -0.3 is 5.32 Å². The lowest BCUT2D eigenvalue weighted by molar-refractivity contribution is 0.486. The third-order valence-corrected chi connectivity index (χ3v) is 2.57. The molecule has 0 saturated carbocycles. The van der Waals surface area contributed by atoms with Crippen molar-refractivity contribution in [3.05, 3.63) is 18.0 Å². The molecular weight excluding hydrogens is 174 g/mol. The summed E-state index contributed by atoms with van der Waals surface area (Å²) in [5.41, 5.74) is 1.17. The van der Waals surface area contributed by atoms with Crippen LogP contribution in [0.15, 0.2) is 12.3 Å². The molecule has 0 atom stereocenters. The van der Waals surface area contributed by atoms with E-state index in [9.17, 15) is 0 Å². The topological polar surface area (TPSA) is 29.9 Å². The summed E-state index contributed by atoms with van der Waals surface area (Å²) in [6, 6.07) is 2.74. The molecular formula is C11H21N3. The van der Waals surface area contributed by atoms with Gasteiger partial charge in [0.2, 0.25) is 0 Å². The molecule has 0 radical (unpaired) electrons. The number of rotatable bonds is 6. The van der Waals surface area contributed by atoms with Crippen LogP contribution in [0.5, 0.6) is 0 Å². The van der Waals surface area contributed by atoms with Crippen LogP contribution >= 0.6 is 0 Å². The molecule has 0 aliphatic rings. The van der Waals surface area contributed by atoms with Gasteiger partial charge in [-0.05, 0) is 18.9 Å². The fourth-order valence-corrected chi connectivity index (χ4v) is 1.58. The van der Waals surface area contributed by atoms with E-state index in [4.69, 9.17) is 0 Å². The summed E-state index contributed by atoms with van der Waals surface area (Å²) in [7, 11) is 1.96. The summed E-state index contributed by atoms with van der Waals surface area (Å²) in [4.78, 5) is 0. The van der Waals surface area contributed by atoms with Crippen LogP contribution in [0.4, 0.5) is 0 Å². The van der Waals surface area contributed by atoms with Crippen molar-refractivity contribution in [1.82, 2.24) is 15.1 Å². The molecule has 0 unspecified atom stereocenters. The van der Waals surface area contributed by atoms with Crippen molar-refractivity contribution in [2.24, 2.45) is 7.05 Å². The lowest BCUT2D eigenvalue weighted by Gasteiger charge is -2.13. The molecule has 3 heteroatoms. The molecule has 0 spiro atoms. The van der Waals surface area contributed by atoms with E-state index in [-0.39, 0.29) is 0 Å². The van der Waals surface area contributed by atoms with Crippen molar-refractivity contribution in [3.8, 4) is 0 Å². The summed E-state index contributed by atoms with van der Waals surface area (Å²) in [5, 5.41) is 7.86. The van der Waals surface area contributed by atoms with Crippen molar-refractivity contribution < 1.29 is 0 Å². The Labute approximate surface area is 86.5 Å². The first-order valence-corrected chi connectivity index (χ1v) is 5.48. The van der Waals surface area contributed by atoms with Gasteiger partial charge in [0.15, 0.2) is 0 Å². The molecule has 3 nitrogen and oxygen atoms in total. The van der Waals surface area contributed by atoms with Gasteiger partial charge in [-0.1, -0.05) is 13.8 Å². The minimum atomic E-state index is 0.665. The van der Waals surface area contributed by atoms with Crippen molar-refractivity contribution in [2.45, 2.75) is 39.2 Å². The minimum absolute atomic E-state index is 0.665. The smallest absolute Gasteiger partial charge is 0.0637 e. The van der Waals surface area contributed by atoms with Gasteiger partial charge in [0.05, 0.1) is 5.69 Å². The molecule has 80 valence electrons. The van der Waals surface area contributed by atoms with Crippen LogP contribution in [-0.2, 0) is 13.5 Å². The molecule has 14 heavy (non-hydrogen) atoms. The van der Waals surface area contributed by atoms with Crippen LogP contribution in [0.2, 0.25) is 0 Å². The van der Waals surface area contributed by atoms with Gasteiger partial charge in [0, 0.05) is 32.3 Å². The Morgan fingerprint density at radius 1 is 1.43 bits per heavy atom. The fourth-order valence-electron chi connectivity index (χ4n) is 1.58. The maximum absolute atomic E-state index is 4.34. The SMILES string of the molecule is CCC(CC)NCCc1ccn(C)n1. The minimum Gasteiger partial charge on any atom is -0.314 e. The van der Waals surface area contributed by atoms with Gasteiger partial charge in [-0.3, -0.25) is 4.68 Å². The quantitative estimate of drug-likeness (QED) is 0.749. The summed E-state index contributed by atoms with van der Waals surface area (Å²) in [5.74, 6) is 0. The molecule has 0 aromatic carbocycles. The molecule has 0 aliphatic carbocycles. The predicted molar refractivity (Wildman–Crippen MR) is 59.3 cm³/mol. The summed E-state index contributed by atoms with van der Waals surface area (Å²) < 4.78 is 1.85. The molecule has 1 N–H and O–H groups in total. The highest BCUT2D eigenvalue weighted by Gasteiger charge is 2.02. The van der Waals surface area contributed by atoms with Gasteiger partial charge in [-0.25, -0.2) is 0 Å². The highest BCUT2D eigenvalue weighted by atomic mass is 15.2. The zero-order chi connectivity index (χ0) is 10.4. The highest BCUT2D eigenvalue weighted by Crippen LogP contribution is 1.98. The molecule has 0 saturated heterocycles. The third-order valence-electron chi connectivity index (χ3n) is 2.57. The number of hydrogen-bond donors (Lipinski definition) is 1. The van der Waals surface area contributed by atoms with Crippen molar-refractivity contribution in [1.29, 1.82) is 0 Å². The van der Waals surface area contributed by atoms with Crippen LogP contribution in [0.1, 0.15) is 32.4 Å². The Balaban J connectivity index is 2.21. The van der Waals surface area contributed by atoms with Crippen LogP contribution in [0, 0.1) is 0 Å². The normalized spacial score (nSPS) is 11.1. The Hall–Kier alpha value is -0.830. The average Bonchev–Trinajstić information content (AvgIpc) is 2.59. The predicted octanol–water partition coefficient (Wildman–Crippen LogP) is 1.74. The fraction of sp³-hybridized carbons (Fsp3) is 0.727. The van der Waals surface area contributed by atoms with E-state index in [1.807, 2.05) is 17.9 Å². The first-order chi connectivity index (χ1) is 6.76. The lowest BCUT2D eigenvalue weighted by atomic mass is 10.1. The Bertz CT molecular complexity index is 251. The van der Waals surface area contributed by atoms with Gasteiger partial charge in [0.25, 0.3) is 0 Å². The van der Waals surface area contributed by atoms with Gasteiger partial charge >= 0.3 is 0 Å². The first kappa shape index (κ1) is 11.2.